The number of hydrogen-bond donors (Lipinski definition) is 1. The van der Waals surface area contributed by atoms with Gasteiger partial charge in [-0.05, 0) is 30.9 Å². The number of rotatable bonds is 5. The molecule has 0 unspecified atom stereocenters. The van der Waals surface area contributed by atoms with Crippen LogP contribution in [0.25, 0.3) is 0 Å². The summed E-state index contributed by atoms with van der Waals surface area (Å²) >= 11 is 0. The highest BCUT2D eigenvalue weighted by molar-refractivity contribution is 6.45. The third kappa shape index (κ3) is 3.40. The van der Waals surface area contributed by atoms with Gasteiger partial charge in [0, 0.05) is 12.6 Å². The van der Waals surface area contributed by atoms with Crippen LogP contribution in [-0.2, 0) is 20.9 Å². The number of hydrogen-bond acceptors (Lipinski definition) is 4. The molecule has 0 atom stereocenters. The van der Waals surface area contributed by atoms with Crippen LogP contribution in [0, 0.1) is 6.92 Å². The Bertz CT molecular complexity index is 725. The number of benzene rings is 1. The highest BCUT2D eigenvalue weighted by Gasteiger charge is 2.48. The number of urea groups is 1. The zero-order valence-corrected chi connectivity index (χ0v) is 14.2. The van der Waals surface area contributed by atoms with Crippen molar-refractivity contribution >= 4 is 23.8 Å². The first-order valence-corrected chi connectivity index (χ1v) is 8.49. The Morgan fingerprint density at radius 2 is 1.80 bits per heavy atom. The van der Waals surface area contributed by atoms with Crippen LogP contribution in [-0.4, -0.2) is 46.1 Å². The normalized spacial score (nSPS) is 18.4. The van der Waals surface area contributed by atoms with Crippen LogP contribution < -0.4 is 5.32 Å². The maximum absolute atomic E-state index is 12.4. The van der Waals surface area contributed by atoms with Crippen molar-refractivity contribution in [3.8, 4) is 0 Å². The second-order valence-corrected chi connectivity index (χ2v) is 6.49. The summed E-state index contributed by atoms with van der Waals surface area (Å²) in [5, 5.41) is 2.69. The molecule has 0 spiro atoms. The fourth-order valence-electron chi connectivity index (χ4n) is 3.35. The van der Waals surface area contributed by atoms with Crippen LogP contribution in [0.5, 0.6) is 0 Å². The summed E-state index contributed by atoms with van der Waals surface area (Å²) in [4.78, 5) is 50.5. The van der Waals surface area contributed by atoms with Gasteiger partial charge in [0.2, 0.25) is 5.91 Å². The van der Waals surface area contributed by atoms with Crippen molar-refractivity contribution < 1.29 is 19.2 Å². The lowest BCUT2D eigenvalue weighted by atomic mass is 10.1. The van der Waals surface area contributed by atoms with E-state index in [4.69, 9.17) is 0 Å². The first-order valence-electron chi connectivity index (χ1n) is 8.49. The molecule has 3 rings (SSSR count). The Morgan fingerprint density at radius 3 is 2.48 bits per heavy atom. The minimum atomic E-state index is -0.914. The van der Waals surface area contributed by atoms with Gasteiger partial charge in [0.1, 0.15) is 6.54 Å². The largest absolute Gasteiger partial charge is 0.350 e. The molecule has 7 heteroatoms. The maximum Gasteiger partial charge on any atom is 0.334 e. The van der Waals surface area contributed by atoms with Crippen LogP contribution in [0.15, 0.2) is 24.3 Å². The average molecular weight is 343 g/mol. The first-order chi connectivity index (χ1) is 12.0. The number of carbonyl (C=O) groups excluding carboxylic acids is 4. The molecule has 1 N–H and O–H groups in total. The number of aryl methyl sites for hydroxylation is 1. The van der Waals surface area contributed by atoms with Gasteiger partial charge >= 0.3 is 17.8 Å². The number of amides is 5. The van der Waals surface area contributed by atoms with Gasteiger partial charge in [-0.3, -0.25) is 19.3 Å². The van der Waals surface area contributed by atoms with Crippen LogP contribution in [0.2, 0.25) is 0 Å². The van der Waals surface area contributed by atoms with Crippen molar-refractivity contribution in [2.24, 2.45) is 0 Å². The molecule has 2 fully saturated rings. The van der Waals surface area contributed by atoms with Crippen LogP contribution in [0.1, 0.15) is 36.8 Å². The molecule has 132 valence electrons. The fraction of sp³-hybridized carbons (Fsp3) is 0.444. The molecule has 1 heterocycles. The highest BCUT2D eigenvalue weighted by Crippen LogP contribution is 2.27. The Labute approximate surface area is 146 Å². The molecule has 1 aliphatic heterocycles. The van der Waals surface area contributed by atoms with E-state index in [-0.39, 0.29) is 6.04 Å². The number of nitrogens with zero attached hydrogens (tertiary/aromatic N) is 2. The molecular weight excluding hydrogens is 322 g/mol. The molecule has 2 aliphatic rings. The second kappa shape index (κ2) is 7.04. The average Bonchev–Trinajstić information content (AvgIpc) is 3.18. The minimum absolute atomic E-state index is 0.219. The van der Waals surface area contributed by atoms with Crippen molar-refractivity contribution in [2.75, 3.05) is 6.54 Å². The number of carbonyl (C=O) groups is 4. The summed E-state index contributed by atoms with van der Waals surface area (Å²) < 4.78 is 0. The summed E-state index contributed by atoms with van der Waals surface area (Å²) in [7, 11) is 0. The van der Waals surface area contributed by atoms with E-state index < -0.39 is 30.3 Å². The van der Waals surface area contributed by atoms with Gasteiger partial charge in [0.15, 0.2) is 0 Å². The zero-order valence-electron chi connectivity index (χ0n) is 14.2. The molecule has 1 aromatic carbocycles. The Hall–Kier alpha value is -2.70. The lowest BCUT2D eigenvalue weighted by Crippen LogP contribution is -2.43. The van der Waals surface area contributed by atoms with E-state index in [0.29, 0.717) is 6.54 Å². The van der Waals surface area contributed by atoms with Crippen molar-refractivity contribution in [2.45, 2.75) is 45.2 Å². The van der Waals surface area contributed by atoms with Gasteiger partial charge in [0.25, 0.3) is 0 Å². The Kier molecular flexibility index (Phi) is 4.83. The molecule has 0 bridgehead atoms. The molecule has 1 aliphatic carbocycles. The molecule has 1 aromatic rings. The predicted molar refractivity (Wildman–Crippen MR) is 89.2 cm³/mol. The van der Waals surface area contributed by atoms with Crippen LogP contribution >= 0.6 is 0 Å². The van der Waals surface area contributed by atoms with E-state index in [1.165, 1.54) is 0 Å². The van der Waals surface area contributed by atoms with E-state index in [9.17, 15) is 19.2 Å². The molecule has 1 saturated carbocycles. The van der Waals surface area contributed by atoms with E-state index in [0.717, 1.165) is 46.6 Å². The standard InChI is InChI=1S/C18H21N3O4/c1-12-6-2-3-7-13(12)10-19-15(22)11-20-16(23)17(24)21(18(20)25)14-8-4-5-9-14/h2-3,6-7,14H,4-5,8-11H2,1H3,(H,19,22). The molecule has 7 nitrogen and oxygen atoms in total. The van der Waals surface area contributed by atoms with E-state index in [2.05, 4.69) is 5.32 Å². The summed E-state index contributed by atoms with van der Waals surface area (Å²) in [6.45, 7) is 1.81. The zero-order chi connectivity index (χ0) is 18.0. The third-order valence-corrected chi connectivity index (χ3v) is 4.81. The smallest absolute Gasteiger partial charge is 0.334 e. The summed E-state index contributed by atoms with van der Waals surface area (Å²) in [5.74, 6) is -2.20. The second-order valence-electron chi connectivity index (χ2n) is 6.49. The fourth-order valence-corrected chi connectivity index (χ4v) is 3.35. The van der Waals surface area contributed by atoms with Gasteiger partial charge in [-0.15, -0.1) is 0 Å². The molecular formula is C18H21N3O4. The topological polar surface area (TPSA) is 86.8 Å². The van der Waals surface area contributed by atoms with Crippen molar-refractivity contribution in [1.29, 1.82) is 0 Å². The SMILES string of the molecule is Cc1ccccc1CNC(=O)CN1C(=O)C(=O)N(C2CCCC2)C1=O. The number of nitrogens with one attached hydrogen (secondary N) is 1. The predicted octanol–water partition coefficient (Wildman–Crippen LogP) is 1.34. The van der Waals surface area contributed by atoms with Gasteiger partial charge in [-0.2, -0.15) is 0 Å². The Morgan fingerprint density at radius 1 is 1.12 bits per heavy atom. The van der Waals surface area contributed by atoms with Crippen molar-refractivity contribution in [1.82, 2.24) is 15.1 Å². The molecule has 5 amide bonds. The maximum atomic E-state index is 12.4. The lowest BCUT2D eigenvalue weighted by Gasteiger charge is -2.20. The van der Waals surface area contributed by atoms with Crippen LogP contribution in [0.3, 0.4) is 0 Å². The Balaban J connectivity index is 1.61. The molecule has 0 radical (unpaired) electrons. The summed E-state index contributed by atoms with van der Waals surface area (Å²) in [6.07, 6.45) is 3.32. The lowest BCUT2D eigenvalue weighted by molar-refractivity contribution is -0.144. The van der Waals surface area contributed by atoms with Crippen LogP contribution in [0.4, 0.5) is 4.79 Å². The van der Waals surface area contributed by atoms with Gasteiger partial charge in [-0.25, -0.2) is 9.69 Å². The van der Waals surface area contributed by atoms with Crippen molar-refractivity contribution in [3.63, 3.8) is 0 Å². The monoisotopic (exact) mass is 343 g/mol. The molecule has 0 aromatic heterocycles. The molecule has 25 heavy (non-hydrogen) atoms. The van der Waals surface area contributed by atoms with E-state index in [1.807, 2.05) is 31.2 Å². The molecule has 1 saturated heterocycles. The van der Waals surface area contributed by atoms with E-state index in [1.54, 1.807) is 0 Å². The van der Waals surface area contributed by atoms with Crippen molar-refractivity contribution in [3.05, 3.63) is 35.4 Å². The van der Waals surface area contributed by atoms with Gasteiger partial charge in [-0.1, -0.05) is 37.1 Å². The summed E-state index contributed by atoms with van der Waals surface area (Å²) in [6, 6.07) is 6.73. The highest BCUT2D eigenvalue weighted by atomic mass is 16.2. The number of imide groups is 2. The first kappa shape index (κ1) is 17.1. The van der Waals surface area contributed by atoms with E-state index >= 15 is 0 Å². The third-order valence-electron chi connectivity index (χ3n) is 4.81. The minimum Gasteiger partial charge on any atom is -0.350 e. The van der Waals surface area contributed by atoms with Gasteiger partial charge < -0.3 is 5.32 Å². The summed E-state index contributed by atoms with van der Waals surface area (Å²) in [5.41, 5.74) is 2.00. The quantitative estimate of drug-likeness (QED) is 0.646. The van der Waals surface area contributed by atoms with Gasteiger partial charge in [0.05, 0.1) is 0 Å².